The Hall–Kier alpha value is -1.93. The first kappa shape index (κ1) is 16.1. The van der Waals surface area contributed by atoms with Crippen LogP contribution in [-0.4, -0.2) is 50.4 Å². The number of hydrogen-bond donors (Lipinski definition) is 2. The van der Waals surface area contributed by atoms with Crippen molar-refractivity contribution in [3.63, 3.8) is 0 Å². The Balaban J connectivity index is 2.43. The van der Waals surface area contributed by atoms with E-state index in [9.17, 15) is 10.1 Å². The highest BCUT2D eigenvalue weighted by Gasteiger charge is 2.15. The van der Waals surface area contributed by atoms with Crippen molar-refractivity contribution in [1.82, 2.24) is 4.98 Å². The summed E-state index contributed by atoms with van der Waals surface area (Å²) in [5.74, 6) is 0.841. The third-order valence-corrected chi connectivity index (χ3v) is 2.52. The van der Waals surface area contributed by atoms with Gasteiger partial charge in [-0.2, -0.15) is 0 Å². The molecule has 0 unspecified atom stereocenters. The Labute approximate surface area is 117 Å². The number of nitrogens with zero attached hydrogens (tertiary/aromatic N) is 2. The fourth-order valence-corrected chi connectivity index (χ4v) is 1.49. The molecule has 2 N–H and O–H groups in total. The molecule has 8 heteroatoms. The average molecular weight is 284 g/mol. The summed E-state index contributed by atoms with van der Waals surface area (Å²) in [6, 6.07) is 2.99. The molecule has 8 nitrogen and oxygen atoms in total. The molecule has 0 amide bonds. The van der Waals surface area contributed by atoms with E-state index >= 15 is 0 Å². The molecule has 0 bridgehead atoms. The van der Waals surface area contributed by atoms with Gasteiger partial charge in [-0.25, -0.2) is 4.98 Å². The van der Waals surface area contributed by atoms with Gasteiger partial charge in [0, 0.05) is 33.4 Å². The van der Waals surface area contributed by atoms with E-state index in [2.05, 4.69) is 15.6 Å². The topological polar surface area (TPSA) is 98.6 Å². The lowest BCUT2D eigenvalue weighted by atomic mass is 10.3. The zero-order valence-corrected chi connectivity index (χ0v) is 11.7. The summed E-state index contributed by atoms with van der Waals surface area (Å²) in [7, 11) is 3.33. The van der Waals surface area contributed by atoms with E-state index in [0.717, 1.165) is 6.42 Å². The lowest BCUT2D eigenvalue weighted by molar-refractivity contribution is -0.384. The SMILES string of the molecule is CNc1ccc([N+](=O)[O-])c(NCCCOCCOC)n1. The lowest BCUT2D eigenvalue weighted by Crippen LogP contribution is -2.11. The predicted octanol–water partition coefficient (Wildman–Crippen LogP) is 1.50. The normalized spacial score (nSPS) is 10.3. The maximum absolute atomic E-state index is 10.9. The second-order valence-electron chi connectivity index (χ2n) is 3.96. The first-order chi connectivity index (χ1) is 9.69. The molecule has 20 heavy (non-hydrogen) atoms. The number of aromatic nitrogens is 1. The van der Waals surface area contributed by atoms with Gasteiger partial charge in [0.2, 0.25) is 5.82 Å². The van der Waals surface area contributed by atoms with Gasteiger partial charge in [-0.05, 0) is 12.5 Å². The highest BCUT2D eigenvalue weighted by Crippen LogP contribution is 2.23. The molecular weight excluding hydrogens is 264 g/mol. The van der Waals surface area contributed by atoms with Crippen LogP contribution in [0.3, 0.4) is 0 Å². The summed E-state index contributed by atoms with van der Waals surface area (Å²) in [6.45, 7) is 2.22. The molecule has 0 atom stereocenters. The van der Waals surface area contributed by atoms with Crippen LogP contribution < -0.4 is 10.6 Å². The lowest BCUT2D eigenvalue weighted by Gasteiger charge is -2.08. The van der Waals surface area contributed by atoms with Crippen LogP contribution in [0.25, 0.3) is 0 Å². The van der Waals surface area contributed by atoms with E-state index in [0.29, 0.717) is 32.2 Å². The van der Waals surface area contributed by atoms with Gasteiger partial charge in [0.25, 0.3) is 0 Å². The van der Waals surface area contributed by atoms with Gasteiger partial charge in [0.05, 0.1) is 18.1 Å². The minimum absolute atomic E-state index is 0.0377. The van der Waals surface area contributed by atoms with Crippen molar-refractivity contribution < 1.29 is 14.4 Å². The highest BCUT2D eigenvalue weighted by atomic mass is 16.6. The van der Waals surface area contributed by atoms with Gasteiger partial charge in [-0.1, -0.05) is 0 Å². The largest absolute Gasteiger partial charge is 0.382 e. The molecule has 0 aliphatic rings. The molecule has 0 spiro atoms. The summed E-state index contributed by atoms with van der Waals surface area (Å²) in [4.78, 5) is 14.6. The molecule has 0 radical (unpaired) electrons. The van der Waals surface area contributed by atoms with Crippen molar-refractivity contribution in [3.05, 3.63) is 22.2 Å². The van der Waals surface area contributed by atoms with Crippen LogP contribution in [0.4, 0.5) is 17.3 Å². The van der Waals surface area contributed by atoms with Crippen molar-refractivity contribution >= 4 is 17.3 Å². The molecule has 1 rings (SSSR count). The highest BCUT2D eigenvalue weighted by molar-refractivity contribution is 5.60. The van der Waals surface area contributed by atoms with Crippen molar-refractivity contribution in [2.24, 2.45) is 0 Å². The molecule has 1 aromatic rings. The van der Waals surface area contributed by atoms with Gasteiger partial charge in [-0.3, -0.25) is 10.1 Å². The van der Waals surface area contributed by atoms with Gasteiger partial charge in [0.15, 0.2) is 0 Å². The Morgan fingerprint density at radius 1 is 1.35 bits per heavy atom. The van der Waals surface area contributed by atoms with Gasteiger partial charge < -0.3 is 20.1 Å². The van der Waals surface area contributed by atoms with E-state index in [1.807, 2.05) is 0 Å². The standard InChI is InChI=1S/C12H20N4O4/c1-13-11-5-4-10(16(17)18)12(15-11)14-6-3-7-20-9-8-19-2/h4-5H,3,6-9H2,1-2H3,(H2,13,14,15). The van der Waals surface area contributed by atoms with Crippen molar-refractivity contribution in [3.8, 4) is 0 Å². The molecule has 0 aromatic carbocycles. The van der Waals surface area contributed by atoms with Gasteiger partial charge in [0.1, 0.15) is 5.82 Å². The predicted molar refractivity (Wildman–Crippen MR) is 76.2 cm³/mol. The van der Waals surface area contributed by atoms with Crippen LogP contribution in [0.5, 0.6) is 0 Å². The average Bonchev–Trinajstić information content (AvgIpc) is 2.45. The van der Waals surface area contributed by atoms with Crippen molar-refractivity contribution in [2.75, 3.05) is 51.2 Å². The van der Waals surface area contributed by atoms with Crippen molar-refractivity contribution in [2.45, 2.75) is 6.42 Å². The summed E-state index contributed by atoms with van der Waals surface area (Å²) in [5.41, 5.74) is -0.0377. The third-order valence-electron chi connectivity index (χ3n) is 2.52. The fourth-order valence-electron chi connectivity index (χ4n) is 1.49. The van der Waals surface area contributed by atoms with Gasteiger partial charge >= 0.3 is 5.69 Å². The maximum atomic E-state index is 10.9. The Morgan fingerprint density at radius 3 is 2.80 bits per heavy atom. The number of ether oxygens (including phenoxy) is 2. The van der Waals surface area contributed by atoms with Crippen LogP contribution in [0.1, 0.15) is 6.42 Å². The quantitative estimate of drug-likeness (QED) is 0.381. The summed E-state index contributed by atoms with van der Waals surface area (Å²) in [5, 5.41) is 16.7. The number of hydrogen-bond acceptors (Lipinski definition) is 7. The zero-order valence-electron chi connectivity index (χ0n) is 11.7. The zero-order chi connectivity index (χ0) is 14.8. The minimum Gasteiger partial charge on any atom is -0.382 e. The van der Waals surface area contributed by atoms with Crippen LogP contribution in [0.15, 0.2) is 12.1 Å². The third kappa shape index (κ3) is 5.37. The monoisotopic (exact) mass is 284 g/mol. The van der Waals surface area contributed by atoms with Gasteiger partial charge in [-0.15, -0.1) is 0 Å². The first-order valence-electron chi connectivity index (χ1n) is 6.32. The Kier molecular flexibility index (Phi) is 7.30. The van der Waals surface area contributed by atoms with Crippen LogP contribution in [-0.2, 0) is 9.47 Å². The van der Waals surface area contributed by atoms with E-state index in [-0.39, 0.29) is 11.5 Å². The Morgan fingerprint density at radius 2 is 2.15 bits per heavy atom. The number of methoxy groups -OCH3 is 1. The van der Waals surface area contributed by atoms with E-state index < -0.39 is 4.92 Å². The fraction of sp³-hybridized carbons (Fsp3) is 0.583. The second kappa shape index (κ2) is 9.05. The molecule has 0 aliphatic carbocycles. The first-order valence-corrected chi connectivity index (χ1v) is 6.32. The van der Waals surface area contributed by atoms with Crippen LogP contribution in [0, 0.1) is 10.1 Å². The summed E-state index contributed by atoms with van der Waals surface area (Å²) < 4.78 is 10.2. The Bertz CT molecular complexity index is 428. The van der Waals surface area contributed by atoms with E-state index in [1.54, 1.807) is 20.2 Å². The van der Waals surface area contributed by atoms with Crippen LogP contribution >= 0.6 is 0 Å². The molecule has 0 aliphatic heterocycles. The smallest absolute Gasteiger partial charge is 0.311 e. The van der Waals surface area contributed by atoms with Crippen LogP contribution in [0.2, 0.25) is 0 Å². The number of nitrogens with one attached hydrogen (secondary N) is 2. The molecule has 112 valence electrons. The van der Waals surface area contributed by atoms with Crippen molar-refractivity contribution in [1.29, 1.82) is 0 Å². The van der Waals surface area contributed by atoms with E-state index in [1.165, 1.54) is 6.07 Å². The number of rotatable bonds is 10. The molecule has 0 saturated heterocycles. The number of anilines is 2. The molecular formula is C12H20N4O4. The molecule has 0 fully saturated rings. The minimum atomic E-state index is -0.455. The molecule has 1 heterocycles. The summed E-state index contributed by atoms with van der Waals surface area (Å²) in [6.07, 6.45) is 0.729. The molecule has 0 saturated carbocycles. The molecule has 1 aromatic heterocycles. The summed E-state index contributed by atoms with van der Waals surface area (Å²) >= 11 is 0. The second-order valence-corrected chi connectivity index (χ2v) is 3.96. The van der Waals surface area contributed by atoms with E-state index in [4.69, 9.17) is 9.47 Å². The number of pyridine rings is 1. The number of nitro groups is 1. The maximum Gasteiger partial charge on any atom is 0.311 e.